The highest BCUT2D eigenvalue weighted by atomic mass is 32.2. The molecule has 132 valence electrons. The first-order valence-electron chi connectivity index (χ1n) is 8.36. The van der Waals surface area contributed by atoms with Crippen molar-refractivity contribution >= 4 is 17.7 Å². The Morgan fingerprint density at radius 3 is 1.88 bits per heavy atom. The first-order chi connectivity index (χ1) is 12.7. The van der Waals surface area contributed by atoms with Crippen LogP contribution in [0.25, 0.3) is 22.3 Å². The van der Waals surface area contributed by atoms with Gasteiger partial charge in [0.1, 0.15) is 5.75 Å². The van der Waals surface area contributed by atoms with Gasteiger partial charge in [-0.3, -0.25) is 4.79 Å². The predicted molar refractivity (Wildman–Crippen MR) is 106 cm³/mol. The van der Waals surface area contributed by atoms with E-state index in [0.717, 1.165) is 27.1 Å². The summed E-state index contributed by atoms with van der Waals surface area (Å²) in [5.41, 5.74) is 3.48. The van der Waals surface area contributed by atoms with Gasteiger partial charge in [-0.15, -0.1) is 11.8 Å². The standard InChI is InChI=1S/C22H20O3S/c1-25-21(23)12-13-26-18-14-19(16-8-4-2-5-9-16)22(24)20(15-18)17-10-6-3-7-11-17/h2-11,14-15,24H,12-13H2,1H3. The second-order valence-corrected chi connectivity index (χ2v) is 6.94. The van der Waals surface area contributed by atoms with Crippen LogP contribution in [0, 0.1) is 0 Å². The molecular weight excluding hydrogens is 344 g/mol. The number of phenols is 1. The molecule has 4 heteroatoms. The summed E-state index contributed by atoms with van der Waals surface area (Å²) < 4.78 is 4.70. The molecule has 0 bridgehead atoms. The van der Waals surface area contributed by atoms with Crippen LogP contribution in [0.5, 0.6) is 5.75 Å². The molecule has 26 heavy (non-hydrogen) atoms. The number of benzene rings is 3. The maximum Gasteiger partial charge on any atom is 0.306 e. The number of methoxy groups -OCH3 is 1. The molecule has 0 atom stereocenters. The number of hydrogen-bond acceptors (Lipinski definition) is 4. The van der Waals surface area contributed by atoms with Gasteiger partial charge in [0.15, 0.2) is 0 Å². The number of thioether (sulfide) groups is 1. The van der Waals surface area contributed by atoms with Crippen LogP contribution < -0.4 is 0 Å². The van der Waals surface area contributed by atoms with E-state index in [1.165, 1.54) is 7.11 Å². The summed E-state index contributed by atoms with van der Waals surface area (Å²) >= 11 is 1.58. The topological polar surface area (TPSA) is 46.5 Å². The molecule has 0 aliphatic heterocycles. The van der Waals surface area contributed by atoms with Crippen molar-refractivity contribution in [2.24, 2.45) is 0 Å². The Morgan fingerprint density at radius 1 is 0.923 bits per heavy atom. The number of carbonyl (C=O) groups excluding carboxylic acids is 1. The highest BCUT2D eigenvalue weighted by Crippen LogP contribution is 2.41. The zero-order chi connectivity index (χ0) is 18.4. The molecule has 0 unspecified atom stereocenters. The first kappa shape index (κ1) is 18.1. The van der Waals surface area contributed by atoms with Crippen molar-refractivity contribution in [3.63, 3.8) is 0 Å². The van der Waals surface area contributed by atoms with Crippen LogP contribution in [-0.4, -0.2) is 23.9 Å². The van der Waals surface area contributed by atoms with Gasteiger partial charge in [-0.05, 0) is 23.3 Å². The van der Waals surface area contributed by atoms with Gasteiger partial charge >= 0.3 is 5.97 Å². The average molecular weight is 364 g/mol. The molecule has 0 fully saturated rings. The lowest BCUT2D eigenvalue weighted by molar-refractivity contribution is -0.140. The van der Waals surface area contributed by atoms with Crippen molar-refractivity contribution in [1.29, 1.82) is 0 Å². The summed E-state index contributed by atoms with van der Waals surface area (Å²) in [6, 6.07) is 23.6. The van der Waals surface area contributed by atoms with E-state index in [1.54, 1.807) is 11.8 Å². The zero-order valence-electron chi connectivity index (χ0n) is 14.5. The Kier molecular flexibility index (Phi) is 5.97. The van der Waals surface area contributed by atoms with Crippen LogP contribution in [0.15, 0.2) is 77.7 Å². The SMILES string of the molecule is COC(=O)CCSc1cc(-c2ccccc2)c(O)c(-c2ccccc2)c1. The zero-order valence-corrected chi connectivity index (χ0v) is 15.3. The second kappa shape index (κ2) is 8.59. The Bertz CT molecular complexity index is 816. The van der Waals surface area contributed by atoms with Crippen LogP contribution in [0.3, 0.4) is 0 Å². The second-order valence-electron chi connectivity index (χ2n) is 5.77. The van der Waals surface area contributed by atoms with Crippen LogP contribution in [0.2, 0.25) is 0 Å². The number of aromatic hydroxyl groups is 1. The highest BCUT2D eigenvalue weighted by Gasteiger charge is 2.14. The van der Waals surface area contributed by atoms with E-state index in [9.17, 15) is 9.90 Å². The van der Waals surface area contributed by atoms with Crippen LogP contribution in [0.1, 0.15) is 6.42 Å². The fraction of sp³-hybridized carbons (Fsp3) is 0.136. The van der Waals surface area contributed by atoms with Crippen LogP contribution >= 0.6 is 11.8 Å². The molecule has 0 amide bonds. The summed E-state index contributed by atoms with van der Waals surface area (Å²) in [6.45, 7) is 0. The average Bonchev–Trinajstić information content (AvgIpc) is 2.70. The van der Waals surface area contributed by atoms with Crippen LogP contribution in [0.4, 0.5) is 0 Å². The maximum atomic E-state index is 11.4. The van der Waals surface area contributed by atoms with Gasteiger partial charge in [0.25, 0.3) is 0 Å². The van der Waals surface area contributed by atoms with Crippen molar-refractivity contribution in [3.8, 4) is 28.0 Å². The number of hydrogen-bond donors (Lipinski definition) is 1. The van der Waals surface area contributed by atoms with Gasteiger partial charge in [0.05, 0.1) is 13.5 Å². The molecule has 3 aromatic carbocycles. The van der Waals surface area contributed by atoms with Crippen molar-refractivity contribution < 1.29 is 14.6 Å². The number of phenolic OH excluding ortho intramolecular Hbond substituents is 1. The molecule has 0 saturated heterocycles. The quantitative estimate of drug-likeness (QED) is 0.471. The van der Waals surface area contributed by atoms with Gasteiger partial charge in [0.2, 0.25) is 0 Å². The lowest BCUT2D eigenvalue weighted by atomic mass is 9.97. The predicted octanol–water partition coefficient (Wildman–Crippen LogP) is 5.38. The van der Waals surface area contributed by atoms with Gasteiger partial charge in [-0.1, -0.05) is 60.7 Å². The molecule has 0 aromatic heterocycles. The Balaban J connectivity index is 2.01. The van der Waals surface area contributed by atoms with E-state index in [0.29, 0.717) is 12.2 Å². The lowest BCUT2D eigenvalue weighted by Gasteiger charge is -2.14. The van der Waals surface area contributed by atoms with Crippen LogP contribution in [-0.2, 0) is 9.53 Å². The van der Waals surface area contributed by atoms with E-state index in [4.69, 9.17) is 4.74 Å². The van der Waals surface area contributed by atoms with Crippen molar-refractivity contribution in [3.05, 3.63) is 72.8 Å². The van der Waals surface area contributed by atoms with E-state index < -0.39 is 0 Å². The molecule has 0 aliphatic carbocycles. The molecule has 1 N–H and O–H groups in total. The summed E-state index contributed by atoms with van der Waals surface area (Å²) in [5, 5.41) is 10.9. The van der Waals surface area contributed by atoms with Gasteiger partial charge < -0.3 is 9.84 Å². The molecule has 3 rings (SSSR count). The fourth-order valence-electron chi connectivity index (χ4n) is 2.72. The normalized spacial score (nSPS) is 10.5. The number of rotatable bonds is 6. The molecule has 0 heterocycles. The summed E-state index contributed by atoms with van der Waals surface area (Å²) in [7, 11) is 1.40. The molecule has 3 aromatic rings. The summed E-state index contributed by atoms with van der Waals surface area (Å²) in [6.07, 6.45) is 0.351. The van der Waals surface area contributed by atoms with Gasteiger partial charge in [-0.2, -0.15) is 0 Å². The minimum atomic E-state index is -0.220. The minimum Gasteiger partial charge on any atom is -0.507 e. The largest absolute Gasteiger partial charge is 0.507 e. The molecule has 3 nitrogen and oxygen atoms in total. The molecule has 0 spiro atoms. The van der Waals surface area contributed by atoms with E-state index in [1.807, 2.05) is 72.8 Å². The van der Waals surface area contributed by atoms with Crippen molar-refractivity contribution in [1.82, 2.24) is 0 Å². The number of esters is 1. The van der Waals surface area contributed by atoms with Gasteiger partial charge in [0, 0.05) is 21.8 Å². The summed E-state index contributed by atoms with van der Waals surface area (Å²) in [4.78, 5) is 12.4. The van der Waals surface area contributed by atoms with E-state index in [-0.39, 0.29) is 11.7 Å². The molecule has 0 radical (unpaired) electrons. The molecule has 0 saturated carbocycles. The van der Waals surface area contributed by atoms with Gasteiger partial charge in [-0.25, -0.2) is 0 Å². The third-order valence-electron chi connectivity index (χ3n) is 4.06. The number of ether oxygens (including phenoxy) is 1. The monoisotopic (exact) mass is 364 g/mol. The number of carbonyl (C=O) groups is 1. The van der Waals surface area contributed by atoms with E-state index >= 15 is 0 Å². The minimum absolute atomic E-state index is 0.220. The Morgan fingerprint density at radius 2 is 1.42 bits per heavy atom. The maximum absolute atomic E-state index is 11.4. The summed E-state index contributed by atoms with van der Waals surface area (Å²) in [5.74, 6) is 0.669. The third-order valence-corrected chi connectivity index (χ3v) is 5.03. The molecule has 0 aliphatic rings. The smallest absolute Gasteiger partial charge is 0.306 e. The van der Waals surface area contributed by atoms with Crippen molar-refractivity contribution in [2.45, 2.75) is 11.3 Å². The highest BCUT2D eigenvalue weighted by molar-refractivity contribution is 7.99. The first-order valence-corrected chi connectivity index (χ1v) is 9.35. The Hall–Kier alpha value is -2.72. The van der Waals surface area contributed by atoms with Crippen molar-refractivity contribution in [2.75, 3.05) is 12.9 Å². The third kappa shape index (κ3) is 4.27. The molecular formula is C22H20O3S. The fourth-order valence-corrected chi connectivity index (χ4v) is 3.63. The van der Waals surface area contributed by atoms with E-state index in [2.05, 4.69) is 0 Å². The lowest BCUT2D eigenvalue weighted by Crippen LogP contribution is -2.00. The Labute approximate surface area is 157 Å².